The van der Waals surface area contributed by atoms with E-state index >= 15 is 0 Å². The number of halogens is 2. The average Bonchev–Trinajstić information content (AvgIpc) is 3.40. The maximum absolute atomic E-state index is 13.7. The molecule has 10 heteroatoms. The maximum Gasteiger partial charge on any atom is 0.181 e. The number of aromatic nitrogens is 5. The Bertz CT molecular complexity index is 1290. The average molecular weight is 493 g/mol. The lowest BCUT2D eigenvalue weighted by atomic mass is 9.92. The first-order chi connectivity index (χ1) is 17.0. The van der Waals surface area contributed by atoms with E-state index in [4.69, 9.17) is 17.3 Å². The highest BCUT2D eigenvalue weighted by atomic mass is 35.5. The van der Waals surface area contributed by atoms with Crippen LogP contribution < -0.4 is 16.4 Å². The molecule has 2 heterocycles. The van der Waals surface area contributed by atoms with Crippen molar-refractivity contribution in [1.82, 2.24) is 25.6 Å². The van der Waals surface area contributed by atoms with Gasteiger partial charge in [-0.2, -0.15) is 0 Å². The maximum atomic E-state index is 13.7. The fourth-order valence-corrected chi connectivity index (χ4v) is 4.61. The number of pyridine rings is 1. The second kappa shape index (κ2) is 10.4. The fraction of sp³-hybridized carbons (Fsp3) is 0.280. The van der Waals surface area contributed by atoms with Gasteiger partial charge in [-0.05, 0) is 77.6 Å². The lowest BCUT2D eigenvalue weighted by molar-refractivity contribution is 0.410. The molecule has 0 atom stereocenters. The van der Waals surface area contributed by atoms with Crippen LogP contribution in [0.1, 0.15) is 31.2 Å². The summed E-state index contributed by atoms with van der Waals surface area (Å²) in [5.41, 5.74) is 10.2. The smallest absolute Gasteiger partial charge is 0.181 e. The Labute approximate surface area is 207 Å². The molecule has 0 amide bonds. The Kier molecular flexibility index (Phi) is 6.87. The van der Waals surface area contributed by atoms with Crippen LogP contribution in [0.2, 0.25) is 5.02 Å². The zero-order chi connectivity index (χ0) is 24.2. The van der Waals surface area contributed by atoms with Crippen molar-refractivity contribution < 1.29 is 4.39 Å². The number of hydrogen-bond acceptors (Lipinski definition) is 7. The van der Waals surface area contributed by atoms with Crippen molar-refractivity contribution in [1.29, 1.82) is 0 Å². The molecule has 0 aliphatic heterocycles. The number of anilines is 2. The van der Waals surface area contributed by atoms with Gasteiger partial charge in [-0.3, -0.25) is 0 Å². The summed E-state index contributed by atoms with van der Waals surface area (Å²) < 4.78 is 13.7. The molecule has 5 N–H and O–H groups in total. The molecule has 180 valence electrons. The van der Waals surface area contributed by atoms with Gasteiger partial charge in [0.15, 0.2) is 5.82 Å². The predicted octanol–water partition coefficient (Wildman–Crippen LogP) is 5.02. The molecular weight excluding hydrogens is 467 g/mol. The monoisotopic (exact) mass is 492 g/mol. The van der Waals surface area contributed by atoms with Crippen LogP contribution in [0.4, 0.5) is 15.9 Å². The van der Waals surface area contributed by atoms with E-state index in [0.29, 0.717) is 23.4 Å². The van der Waals surface area contributed by atoms with Gasteiger partial charge in [-0.25, -0.2) is 14.5 Å². The van der Waals surface area contributed by atoms with E-state index in [2.05, 4.69) is 36.2 Å². The van der Waals surface area contributed by atoms with Gasteiger partial charge in [0.05, 0.1) is 5.02 Å². The van der Waals surface area contributed by atoms with Crippen molar-refractivity contribution in [3.63, 3.8) is 0 Å². The van der Waals surface area contributed by atoms with E-state index in [1.807, 2.05) is 30.3 Å². The van der Waals surface area contributed by atoms with E-state index in [-0.39, 0.29) is 11.9 Å². The molecule has 1 saturated carbocycles. The molecule has 5 rings (SSSR count). The van der Waals surface area contributed by atoms with Crippen molar-refractivity contribution >= 4 is 23.1 Å². The summed E-state index contributed by atoms with van der Waals surface area (Å²) in [4.78, 5) is 4.49. The third-order valence-electron chi connectivity index (χ3n) is 6.28. The number of benzene rings is 2. The molecule has 0 bridgehead atoms. The van der Waals surface area contributed by atoms with Crippen molar-refractivity contribution in [3.8, 4) is 22.5 Å². The molecule has 4 aromatic rings. The van der Waals surface area contributed by atoms with Crippen LogP contribution in [0.25, 0.3) is 22.5 Å². The Balaban J connectivity index is 1.44. The molecule has 1 aliphatic rings. The number of rotatable bonds is 7. The van der Waals surface area contributed by atoms with Crippen molar-refractivity contribution in [2.45, 2.75) is 44.3 Å². The highest BCUT2D eigenvalue weighted by Gasteiger charge is 2.19. The first-order valence-electron chi connectivity index (χ1n) is 11.6. The zero-order valence-electron chi connectivity index (χ0n) is 19.0. The van der Waals surface area contributed by atoms with Crippen molar-refractivity contribution in [2.75, 3.05) is 10.6 Å². The number of aromatic amines is 1. The minimum absolute atomic E-state index is 0.277. The van der Waals surface area contributed by atoms with Gasteiger partial charge in [-0.1, -0.05) is 29.8 Å². The Hall–Kier alpha value is -3.56. The van der Waals surface area contributed by atoms with Gasteiger partial charge in [0.25, 0.3) is 0 Å². The van der Waals surface area contributed by atoms with Gasteiger partial charge in [0.1, 0.15) is 11.6 Å². The first kappa shape index (κ1) is 23.2. The van der Waals surface area contributed by atoms with Crippen molar-refractivity contribution in [3.05, 3.63) is 71.1 Å². The van der Waals surface area contributed by atoms with Crippen molar-refractivity contribution in [2.24, 2.45) is 5.73 Å². The summed E-state index contributed by atoms with van der Waals surface area (Å²) in [6.07, 6.45) is 5.73. The normalized spacial score (nSPS) is 17.8. The molecule has 8 nitrogen and oxygen atoms in total. The molecule has 0 saturated heterocycles. The quantitative estimate of drug-likeness (QED) is 0.286. The summed E-state index contributed by atoms with van der Waals surface area (Å²) in [5, 5.41) is 21.7. The van der Waals surface area contributed by atoms with Gasteiger partial charge >= 0.3 is 0 Å². The minimum Gasteiger partial charge on any atom is -0.380 e. The number of nitrogens with two attached hydrogens (primary N) is 1. The number of hydrogen-bond donors (Lipinski definition) is 4. The second-order valence-corrected chi connectivity index (χ2v) is 9.21. The van der Waals surface area contributed by atoms with Gasteiger partial charge < -0.3 is 16.4 Å². The summed E-state index contributed by atoms with van der Waals surface area (Å²) >= 11 is 6.57. The highest BCUT2D eigenvalue weighted by molar-refractivity contribution is 6.33. The third-order valence-corrected chi connectivity index (χ3v) is 6.58. The first-order valence-corrected chi connectivity index (χ1v) is 12.0. The minimum atomic E-state index is -0.277. The van der Waals surface area contributed by atoms with Crippen LogP contribution >= 0.6 is 11.6 Å². The van der Waals surface area contributed by atoms with Crippen LogP contribution in [0.3, 0.4) is 0 Å². The standard InChI is InChI=1S/C25H26ClFN8/c26-22-14-30-24(31-19-7-5-18(28)6-8-19)12-21(22)16-4-9-20(25-32-34-35-33-25)23(11-16)29-13-15-2-1-3-17(27)10-15/h1-4,9-12,14,18-19,29H,5-8,13,28H2,(H,30,31)(H,32,33,34,35)/t18-,19-. The van der Waals surface area contributed by atoms with Crippen LogP contribution in [0, 0.1) is 5.82 Å². The Morgan fingerprint density at radius 2 is 1.91 bits per heavy atom. The lowest BCUT2D eigenvalue weighted by Crippen LogP contribution is -2.33. The molecular formula is C25H26ClFN8. The van der Waals surface area contributed by atoms with Crippen LogP contribution in [0.5, 0.6) is 0 Å². The van der Waals surface area contributed by atoms with E-state index in [0.717, 1.165) is 59.4 Å². The van der Waals surface area contributed by atoms with E-state index in [9.17, 15) is 4.39 Å². The summed E-state index contributed by atoms with van der Waals surface area (Å²) in [7, 11) is 0. The number of nitrogens with zero attached hydrogens (tertiary/aromatic N) is 4. The van der Waals surface area contributed by atoms with Crippen LogP contribution in [-0.2, 0) is 6.54 Å². The van der Waals surface area contributed by atoms with Gasteiger partial charge in [0, 0.05) is 41.6 Å². The molecule has 1 fully saturated rings. The van der Waals surface area contributed by atoms with E-state index < -0.39 is 0 Å². The summed E-state index contributed by atoms with van der Waals surface area (Å²) in [5.74, 6) is 1.03. The fourth-order valence-electron chi connectivity index (χ4n) is 4.39. The topological polar surface area (TPSA) is 117 Å². The SMILES string of the molecule is N[C@H]1CC[C@H](Nc2cc(-c3ccc(-c4nnn[nH]4)c(NCc4cccc(F)c4)c3)c(Cl)cn2)CC1. The number of tetrazole rings is 1. The molecule has 0 spiro atoms. The molecule has 1 aliphatic carbocycles. The van der Waals surface area contributed by atoms with Gasteiger partial charge in [-0.15, -0.1) is 5.10 Å². The number of H-pyrrole nitrogens is 1. The number of nitrogens with one attached hydrogen (secondary N) is 3. The van der Waals surface area contributed by atoms with E-state index in [1.165, 1.54) is 12.1 Å². The third kappa shape index (κ3) is 5.58. The molecule has 0 radical (unpaired) electrons. The molecule has 2 aromatic heterocycles. The molecule has 35 heavy (non-hydrogen) atoms. The van der Waals surface area contributed by atoms with Gasteiger partial charge in [0.2, 0.25) is 0 Å². The highest BCUT2D eigenvalue weighted by Crippen LogP contribution is 2.35. The largest absolute Gasteiger partial charge is 0.380 e. The Morgan fingerprint density at radius 1 is 1.06 bits per heavy atom. The zero-order valence-corrected chi connectivity index (χ0v) is 19.8. The summed E-state index contributed by atoms with van der Waals surface area (Å²) in [6.45, 7) is 0.427. The van der Waals surface area contributed by atoms with E-state index in [1.54, 1.807) is 12.3 Å². The second-order valence-electron chi connectivity index (χ2n) is 8.80. The summed E-state index contributed by atoms with van der Waals surface area (Å²) in [6, 6.07) is 15.0. The molecule has 2 aromatic carbocycles. The van der Waals surface area contributed by atoms with Crippen LogP contribution in [0.15, 0.2) is 54.7 Å². The Morgan fingerprint density at radius 3 is 2.69 bits per heavy atom. The molecule has 0 unspecified atom stereocenters. The lowest BCUT2D eigenvalue weighted by Gasteiger charge is -2.27. The van der Waals surface area contributed by atoms with Crippen LogP contribution in [-0.4, -0.2) is 37.7 Å². The predicted molar refractivity (Wildman–Crippen MR) is 135 cm³/mol.